The number of thiophene rings is 1. The number of amides is 2. The van der Waals surface area contributed by atoms with Gasteiger partial charge in [0, 0.05) is 23.9 Å². The number of thioether (sulfide) groups is 1. The minimum absolute atomic E-state index is 0.264. The zero-order valence-electron chi connectivity index (χ0n) is 17.3. The van der Waals surface area contributed by atoms with Gasteiger partial charge in [-0.05, 0) is 55.5 Å². The van der Waals surface area contributed by atoms with Crippen molar-refractivity contribution in [1.82, 2.24) is 10.6 Å². The lowest BCUT2D eigenvalue weighted by Gasteiger charge is -2.21. The number of carbonyl (C=O) groups is 2. The van der Waals surface area contributed by atoms with Crippen molar-refractivity contribution in [2.45, 2.75) is 43.7 Å². The van der Waals surface area contributed by atoms with Crippen LogP contribution in [0.25, 0.3) is 0 Å². The second kappa shape index (κ2) is 9.63. The van der Waals surface area contributed by atoms with Gasteiger partial charge >= 0.3 is 12.0 Å². The predicted octanol–water partition coefficient (Wildman–Crippen LogP) is 4.50. The van der Waals surface area contributed by atoms with Gasteiger partial charge in [0.15, 0.2) is 0 Å². The number of rotatable bonds is 5. The van der Waals surface area contributed by atoms with E-state index in [1.165, 1.54) is 26.7 Å². The van der Waals surface area contributed by atoms with E-state index in [0.29, 0.717) is 35.6 Å². The molecule has 6 nitrogen and oxygen atoms in total. The first kappa shape index (κ1) is 22.2. The zero-order valence-corrected chi connectivity index (χ0v) is 20.5. The summed E-state index contributed by atoms with van der Waals surface area (Å²) < 4.78 is 5.58. The lowest BCUT2D eigenvalue weighted by molar-refractivity contribution is 0.0526. The Bertz CT molecular complexity index is 870. The molecule has 0 saturated carbocycles. The molecule has 9 heteroatoms. The highest BCUT2D eigenvalue weighted by molar-refractivity contribution is 9.11. The molecule has 0 bridgehead atoms. The van der Waals surface area contributed by atoms with Gasteiger partial charge < -0.3 is 15.4 Å². The smallest absolute Gasteiger partial charge is 0.341 e. The Morgan fingerprint density at radius 2 is 2.17 bits per heavy atom. The summed E-state index contributed by atoms with van der Waals surface area (Å²) in [5, 5.41) is 10.0. The van der Waals surface area contributed by atoms with Crippen molar-refractivity contribution in [3.8, 4) is 0 Å². The number of nitrogens with one attached hydrogen (secondary N) is 3. The second-order valence-corrected chi connectivity index (χ2v) is 12.0. The third-order valence-corrected chi connectivity index (χ3v) is 9.58. The van der Waals surface area contributed by atoms with Crippen LogP contribution in [0.3, 0.4) is 0 Å². The van der Waals surface area contributed by atoms with Crippen LogP contribution in [0.4, 0.5) is 9.80 Å². The number of urea groups is 1. The van der Waals surface area contributed by atoms with Crippen molar-refractivity contribution in [1.29, 1.82) is 0 Å². The van der Waals surface area contributed by atoms with Gasteiger partial charge in [0.25, 0.3) is 0 Å². The van der Waals surface area contributed by atoms with Crippen molar-refractivity contribution < 1.29 is 14.3 Å². The van der Waals surface area contributed by atoms with Gasteiger partial charge in [-0.15, -0.1) is 23.1 Å². The molecule has 1 aromatic rings. The SMILES string of the molecule is CCOC(=O)c1c(NC(=O)NCC2C3=C(CNCC3)SC2Br)sc2c1CC(C)CC2. The van der Waals surface area contributed by atoms with Gasteiger partial charge in [0.05, 0.1) is 16.3 Å². The molecular formula is C21H28BrN3O3S2. The van der Waals surface area contributed by atoms with E-state index in [4.69, 9.17) is 4.74 Å². The minimum Gasteiger partial charge on any atom is -0.462 e. The van der Waals surface area contributed by atoms with Gasteiger partial charge in [-0.2, -0.15) is 0 Å². The standard InChI is InChI=1S/C21H28BrN3O3S2/c1-3-28-20(26)17-13-8-11(2)4-5-15(13)30-19(17)25-21(27)24-9-14-12-6-7-23-10-16(12)29-18(14)22/h11,14,18,23H,3-10H2,1-2H3,(H2,24,25,27). The highest BCUT2D eigenvalue weighted by atomic mass is 79.9. The zero-order chi connectivity index (χ0) is 21.3. The summed E-state index contributed by atoms with van der Waals surface area (Å²) in [5.74, 6) is 0.488. The molecule has 0 saturated heterocycles. The largest absolute Gasteiger partial charge is 0.462 e. The summed E-state index contributed by atoms with van der Waals surface area (Å²) in [5.41, 5.74) is 3.06. The van der Waals surface area contributed by atoms with Crippen molar-refractivity contribution in [2.24, 2.45) is 11.8 Å². The monoisotopic (exact) mass is 513 g/mol. The first-order chi connectivity index (χ1) is 14.5. The Labute approximate surface area is 194 Å². The number of aryl methyl sites for hydroxylation is 1. The first-order valence-electron chi connectivity index (χ1n) is 10.6. The van der Waals surface area contributed by atoms with Gasteiger partial charge in [0.2, 0.25) is 0 Å². The van der Waals surface area contributed by atoms with E-state index in [2.05, 4.69) is 38.8 Å². The fraction of sp³-hybridized carbons (Fsp3) is 0.619. The third-order valence-electron chi connectivity index (χ3n) is 5.93. The molecule has 3 heterocycles. The number of hydrogen-bond acceptors (Lipinski definition) is 6. The van der Waals surface area contributed by atoms with E-state index in [0.717, 1.165) is 44.3 Å². The van der Waals surface area contributed by atoms with Crippen LogP contribution in [0, 0.1) is 11.8 Å². The summed E-state index contributed by atoms with van der Waals surface area (Å²) in [4.78, 5) is 28.0. The molecule has 0 radical (unpaired) electrons. The maximum atomic E-state index is 12.7. The quantitative estimate of drug-likeness (QED) is 0.398. The van der Waals surface area contributed by atoms with E-state index in [9.17, 15) is 9.59 Å². The van der Waals surface area contributed by atoms with Crippen LogP contribution in [0.2, 0.25) is 0 Å². The Kier molecular flexibility index (Phi) is 7.12. The molecule has 2 aliphatic heterocycles. The van der Waals surface area contributed by atoms with E-state index in [1.54, 1.807) is 6.92 Å². The summed E-state index contributed by atoms with van der Waals surface area (Å²) in [7, 11) is 0. The van der Waals surface area contributed by atoms with Crippen LogP contribution in [0.5, 0.6) is 0 Å². The minimum atomic E-state index is -0.336. The van der Waals surface area contributed by atoms with Crippen molar-refractivity contribution in [2.75, 3.05) is 31.6 Å². The summed E-state index contributed by atoms with van der Waals surface area (Å²) in [6, 6.07) is -0.264. The molecular weight excluding hydrogens is 486 g/mol. The number of anilines is 1. The number of hydrogen-bond donors (Lipinski definition) is 3. The molecule has 0 fully saturated rings. The van der Waals surface area contributed by atoms with Gasteiger partial charge in [0.1, 0.15) is 5.00 Å². The van der Waals surface area contributed by atoms with E-state index in [-0.39, 0.29) is 16.2 Å². The van der Waals surface area contributed by atoms with Crippen LogP contribution in [-0.4, -0.2) is 42.4 Å². The lowest BCUT2D eigenvalue weighted by atomic mass is 9.88. The van der Waals surface area contributed by atoms with Crippen LogP contribution >= 0.6 is 39.0 Å². The number of carbonyl (C=O) groups excluding carboxylic acids is 2. The molecule has 164 valence electrons. The van der Waals surface area contributed by atoms with Crippen LogP contribution in [0.15, 0.2) is 10.5 Å². The molecule has 2 amide bonds. The van der Waals surface area contributed by atoms with Crippen molar-refractivity contribution in [3.63, 3.8) is 0 Å². The third kappa shape index (κ3) is 4.59. The van der Waals surface area contributed by atoms with Crippen LogP contribution in [-0.2, 0) is 17.6 Å². The number of ether oxygens (including phenoxy) is 1. The molecule has 30 heavy (non-hydrogen) atoms. The normalized spacial score (nSPS) is 25.5. The van der Waals surface area contributed by atoms with E-state index in [1.807, 2.05) is 11.8 Å². The molecule has 1 aliphatic carbocycles. The summed E-state index contributed by atoms with van der Waals surface area (Å²) in [6.07, 6.45) is 3.95. The Hall–Kier alpha value is -1.03. The lowest BCUT2D eigenvalue weighted by Crippen LogP contribution is -2.36. The average molecular weight is 515 g/mol. The molecule has 1 aromatic heterocycles. The number of alkyl halides is 1. The van der Waals surface area contributed by atoms with Gasteiger partial charge in [-0.25, -0.2) is 9.59 Å². The summed E-state index contributed by atoms with van der Waals surface area (Å²) in [6.45, 7) is 6.82. The first-order valence-corrected chi connectivity index (χ1v) is 13.2. The molecule has 3 unspecified atom stereocenters. The fourth-order valence-corrected chi connectivity index (χ4v) is 8.09. The molecule has 3 N–H and O–H groups in total. The molecule has 4 rings (SSSR count). The molecule has 0 aromatic carbocycles. The maximum absolute atomic E-state index is 12.7. The van der Waals surface area contributed by atoms with Crippen LogP contribution in [0.1, 0.15) is 47.5 Å². The summed E-state index contributed by atoms with van der Waals surface area (Å²) >= 11 is 7.13. The van der Waals surface area contributed by atoms with Gasteiger partial charge in [-0.1, -0.05) is 28.4 Å². The Morgan fingerprint density at radius 3 is 2.97 bits per heavy atom. The number of halogens is 1. The molecule has 0 spiro atoms. The Morgan fingerprint density at radius 1 is 1.33 bits per heavy atom. The maximum Gasteiger partial charge on any atom is 0.341 e. The topological polar surface area (TPSA) is 79.5 Å². The van der Waals surface area contributed by atoms with E-state index < -0.39 is 0 Å². The average Bonchev–Trinajstić information content (AvgIpc) is 3.22. The Balaban J connectivity index is 1.45. The highest BCUT2D eigenvalue weighted by Gasteiger charge is 2.35. The number of fused-ring (bicyclic) bond motifs is 1. The number of esters is 1. The molecule has 3 aliphatic rings. The predicted molar refractivity (Wildman–Crippen MR) is 127 cm³/mol. The van der Waals surface area contributed by atoms with Crippen LogP contribution < -0.4 is 16.0 Å². The van der Waals surface area contributed by atoms with Gasteiger partial charge in [-0.3, -0.25) is 5.32 Å². The second-order valence-electron chi connectivity index (χ2n) is 8.06. The van der Waals surface area contributed by atoms with Crippen molar-refractivity contribution in [3.05, 3.63) is 26.5 Å². The highest BCUT2D eigenvalue weighted by Crippen LogP contribution is 2.47. The van der Waals surface area contributed by atoms with Crippen molar-refractivity contribution >= 4 is 56.0 Å². The molecule has 3 atom stereocenters. The fourth-order valence-electron chi connectivity index (χ4n) is 4.39. The van der Waals surface area contributed by atoms with E-state index >= 15 is 0 Å².